The van der Waals surface area contributed by atoms with Crippen LogP contribution in [0.4, 0.5) is 13.2 Å². The van der Waals surface area contributed by atoms with Crippen LogP contribution >= 0.6 is 12.6 Å². The minimum absolute atomic E-state index is 0.0243. The Labute approximate surface area is 173 Å². The van der Waals surface area contributed by atoms with Crippen LogP contribution in [0.25, 0.3) is 16.7 Å². The third-order valence-corrected chi connectivity index (χ3v) is 5.74. The van der Waals surface area contributed by atoms with E-state index in [9.17, 15) is 13.2 Å². The number of hydrogen-bond acceptors (Lipinski definition) is 3. The topological polar surface area (TPSA) is 18.5 Å². The molecule has 0 N–H and O–H groups in total. The van der Waals surface area contributed by atoms with E-state index in [4.69, 9.17) is 9.47 Å². The number of rotatable bonds is 3. The van der Waals surface area contributed by atoms with Crippen molar-refractivity contribution in [3.63, 3.8) is 0 Å². The number of aryl methyl sites for hydroxylation is 1. The second kappa shape index (κ2) is 8.38. The molecule has 152 valence electrons. The Morgan fingerprint density at radius 2 is 1.55 bits per heavy atom. The first-order valence-corrected chi connectivity index (χ1v) is 9.97. The summed E-state index contributed by atoms with van der Waals surface area (Å²) in [5, 5.41) is 0. The van der Waals surface area contributed by atoms with Gasteiger partial charge >= 0.3 is 0 Å². The summed E-state index contributed by atoms with van der Waals surface area (Å²) in [6.45, 7) is 2.44. The fourth-order valence-electron chi connectivity index (χ4n) is 3.68. The molecule has 0 aromatic heterocycles. The molecular weight excluding hydrogens is 397 g/mol. The SMILES string of the molecule is Cc1ccc(-c2ccc(C3=CC=C(C4COC(S)OC4)CC3F)cc2)c(F)c1F. The Kier molecular flexibility index (Phi) is 5.86. The number of hydrogen-bond donors (Lipinski definition) is 1. The summed E-state index contributed by atoms with van der Waals surface area (Å²) < 4.78 is 53.7. The fourth-order valence-corrected chi connectivity index (χ4v) is 3.86. The van der Waals surface area contributed by atoms with Crippen LogP contribution in [0.15, 0.2) is 54.1 Å². The summed E-state index contributed by atoms with van der Waals surface area (Å²) in [5.74, 6) is -1.69. The van der Waals surface area contributed by atoms with E-state index >= 15 is 0 Å². The number of thiol groups is 1. The van der Waals surface area contributed by atoms with Crippen LogP contribution in [0.2, 0.25) is 0 Å². The molecule has 1 unspecified atom stereocenters. The molecule has 1 atom stereocenters. The van der Waals surface area contributed by atoms with Crippen molar-refractivity contribution in [1.29, 1.82) is 0 Å². The van der Waals surface area contributed by atoms with Crippen molar-refractivity contribution in [2.24, 2.45) is 5.92 Å². The molecule has 0 saturated carbocycles. The Bertz CT molecular complexity index is 961. The number of allylic oxidation sites excluding steroid dienone is 3. The lowest BCUT2D eigenvalue weighted by Crippen LogP contribution is -2.31. The maximum atomic E-state index is 14.9. The predicted octanol–water partition coefficient (Wildman–Crippen LogP) is 5.87. The lowest BCUT2D eigenvalue weighted by atomic mass is 9.85. The van der Waals surface area contributed by atoms with Gasteiger partial charge in [0.15, 0.2) is 11.6 Å². The van der Waals surface area contributed by atoms with E-state index in [0.717, 1.165) is 11.1 Å². The second-order valence-corrected chi connectivity index (χ2v) is 7.76. The van der Waals surface area contributed by atoms with Gasteiger partial charge in [-0.25, -0.2) is 13.2 Å². The zero-order valence-electron chi connectivity index (χ0n) is 15.9. The molecular formula is C23H21F3O2S. The third kappa shape index (κ3) is 4.15. The normalized spacial score (nSPS) is 24.8. The van der Waals surface area contributed by atoms with Crippen molar-refractivity contribution in [3.05, 3.63) is 76.9 Å². The quantitative estimate of drug-likeness (QED) is 0.629. The molecule has 0 amide bonds. The van der Waals surface area contributed by atoms with Crippen molar-refractivity contribution in [3.8, 4) is 11.1 Å². The van der Waals surface area contributed by atoms with Gasteiger partial charge in [-0.05, 0) is 29.2 Å². The van der Waals surface area contributed by atoms with Crippen LogP contribution in [0.3, 0.4) is 0 Å². The van der Waals surface area contributed by atoms with Gasteiger partial charge in [-0.2, -0.15) is 0 Å². The van der Waals surface area contributed by atoms with Gasteiger partial charge in [0.25, 0.3) is 0 Å². The highest BCUT2D eigenvalue weighted by Crippen LogP contribution is 2.35. The first-order chi connectivity index (χ1) is 13.9. The van der Waals surface area contributed by atoms with Crippen LogP contribution in [0.1, 0.15) is 17.5 Å². The summed E-state index contributed by atoms with van der Waals surface area (Å²) >= 11 is 4.10. The molecule has 6 heteroatoms. The van der Waals surface area contributed by atoms with E-state index in [1.165, 1.54) is 6.92 Å². The van der Waals surface area contributed by atoms with Gasteiger partial charge in [0.2, 0.25) is 5.62 Å². The zero-order chi connectivity index (χ0) is 20.5. The van der Waals surface area contributed by atoms with E-state index in [-0.39, 0.29) is 23.5 Å². The summed E-state index contributed by atoms with van der Waals surface area (Å²) in [6.07, 6.45) is 2.82. The van der Waals surface area contributed by atoms with E-state index in [1.807, 2.05) is 6.08 Å². The smallest absolute Gasteiger partial charge is 0.204 e. The van der Waals surface area contributed by atoms with Gasteiger partial charge in [-0.1, -0.05) is 54.1 Å². The minimum Gasteiger partial charge on any atom is -0.343 e. The van der Waals surface area contributed by atoms with Crippen LogP contribution < -0.4 is 0 Å². The Balaban J connectivity index is 1.55. The summed E-state index contributed by atoms with van der Waals surface area (Å²) in [7, 11) is 0. The van der Waals surface area contributed by atoms with Gasteiger partial charge in [0.05, 0.1) is 13.2 Å². The monoisotopic (exact) mass is 418 g/mol. The maximum absolute atomic E-state index is 14.9. The largest absolute Gasteiger partial charge is 0.343 e. The average molecular weight is 418 g/mol. The molecule has 1 fully saturated rings. The molecule has 1 aliphatic heterocycles. The third-order valence-electron chi connectivity index (χ3n) is 5.44. The maximum Gasteiger partial charge on any atom is 0.204 e. The van der Waals surface area contributed by atoms with Crippen LogP contribution in [-0.2, 0) is 9.47 Å². The average Bonchev–Trinajstić information content (AvgIpc) is 2.73. The van der Waals surface area contributed by atoms with Crippen molar-refractivity contribution in [1.82, 2.24) is 0 Å². The molecule has 0 radical (unpaired) electrons. The Hall–Kier alpha value is -2.02. The van der Waals surface area contributed by atoms with E-state index < -0.39 is 23.4 Å². The lowest BCUT2D eigenvalue weighted by molar-refractivity contribution is -0.142. The van der Waals surface area contributed by atoms with Gasteiger partial charge in [-0.3, -0.25) is 0 Å². The number of ether oxygens (including phenoxy) is 2. The Morgan fingerprint density at radius 1 is 0.897 bits per heavy atom. The van der Waals surface area contributed by atoms with Crippen molar-refractivity contribution >= 4 is 18.2 Å². The molecule has 4 rings (SSSR count). The van der Waals surface area contributed by atoms with E-state index in [0.29, 0.717) is 24.4 Å². The minimum atomic E-state index is -1.15. The fraction of sp³-hybridized carbons (Fsp3) is 0.304. The van der Waals surface area contributed by atoms with Gasteiger partial charge in [0, 0.05) is 17.9 Å². The van der Waals surface area contributed by atoms with Crippen LogP contribution in [-0.4, -0.2) is 25.0 Å². The van der Waals surface area contributed by atoms with Crippen molar-refractivity contribution in [2.45, 2.75) is 25.1 Å². The highest BCUT2D eigenvalue weighted by atomic mass is 32.1. The molecule has 2 aromatic carbocycles. The molecule has 1 saturated heterocycles. The summed E-state index contributed by atoms with van der Waals surface area (Å²) in [6, 6.07) is 9.95. The molecule has 2 aliphatic rings. The predicted molar refractivity (Wildman–Crippen MR) is 110 cm³/mol. The molecule has 1 heterocycles. The number of benzene rings is 2. The van der Waals surface area contributed by atoms with Crippen LogP contribution in [0.5, 0.6) is 0 Å². The Morgan fingerprint density at radius 3 is 2.21 bits per heavy atom. The highest BCUT2D eigenvalue weighted by molar-refractivity contribution is 7.80. The number of alkyl halides is 1. The van der Waals surface area contributed by atoms with Crippen molar-refractivity contribution < 1.29 is 22.6 Å². The summed E-state index contributed by atoms with van der Waals surface area (Å²) in [5.41, 5.74) is 2.72. The highest BCUT2D eigenvalue weighted by Gasteiger charge is 2.28. The van der Waals surface area contributed by atoms with Gasteiger partial charge in [0.1, 0.15) is 6.17 Å². The van der Waals surface area contributed by atoms with Crippen molar-refractivity contribution in [2.75, 3.05) is 13.2 Å². The molecule has 0 bridgehead atoms. The first kappa shape index (κ1) is 20.3. The summed E-state index contributed by atoms with van der Waals surface area (Å²) in [4.78, 5) is 0. The molecule has 2 aromatic rings. The standard InChI is InChI=1S/C23H21F3O2S/c1-13-2-8-19(22(26)21(13)25)15-5-3-14(4-6-15)18-9-7-16(10-20(18)24)17-11-27-23(29)28-12-17/h2-9,17,20,23,29H,10-12H2,1H3. The zero-order valence-corrected chi connectivity index (χ0v) is 16.8. The van der Waals surface area contributed by atoms with E-state index in [2.05, 4.69) is 12.6 Å². The first-order valence-electron chi connectivity index (χ1n) is 9.45. The molecule has 29 heavy (non-hydrogen) atoms. The van der Waals surface area contributed by atoms with Gasteiger partial charge < -0.3 is 9.47 Å². The second-order valence-electron chi connectivity index (χ2n) is 7.34. The van der Waals surface area contributed by atoms with E-state index in [1.54, 1.807) is 42.5 Å². The molecule has 2 nitrogen and oxygen atoms in total. The van der Waals surface area contributed by atoms with Crippen LogP contribution in [0, 0.1) is 24.5 Å². The molecule has 1 aliphatic carbocycles. The lowest BCUT2D eigenvalue weighted by Gasteiger charge is -2.30. The van der Waals surface area contributed by atoms with Gasteiger partial charge in [-0.15, -0.1) is 12.6 Å². The number of halogens is 3. The molecule has 0 spiro atoms.